The first-order valence-electron chi connectivity index (χ1n) is 7.26. The quantitative estimate of drug-likeness (QED) is 0.856. The van der Waals surface area contributed by atoms with Crippen LogP contribution >= 0.6 is 11.5 Å². The van der Waals surface area contributed by atoms with Crippen molar-refractivity contribution in [3.63, 3.8) is 0 Å². The number of piperidine rings is 1. The smallest absolute Gasteiger partial charge is 0.267 e. The van der Waals surface area contributed by atoms with E-state index in [-0.39, 0.29) is 5.91 Å². The summed E-state index contributed by atoms with van der Waals surface area (Å²) in [5.74, 6) is 0.0697. The van der Waals surface area contributed by atoms with E-state index in [1.807, 2.05) is 4.90 Å². The van der Waals surface area contributed by atoms with E-state index in [1.165, 1.54) is 11.5 Å². The van der Waals surface area contributed by atoms with Crippen LogP contribution in [0.25, 0.3) is 0 Å². The molecule has 3 heterocycles. The molecule has 0 atom stereocenters. The van der Waals surface area contributed by atoms with Crippen LogP contribution in [0.5, 0.6) is 0 Å². The van der Waals surface area contributed by atoms with Gasteiger partial charge in [-0.2, -0.15) is 15.0 Å². The van der Waals surface area contributed by atoms with E-state index in [1.54, 1.807) is 17.2 Å². The normalized spacial score (nSPS) is 16.3. The lowest BCUT2D eigenvalue weighted by molar-refractivity contribution is 0.0687. The van der Waals surface area contributed by atoms with Gasteiger partial charge in [0.05, 0.1) is 24.1 Å². The van der Waals surface area contributed by atoms with Crippen molar-refractivity contribution in [2.24, 2.45) is 0 Å². The monoisotopic (exact) mass is 306 g/mol. The van der Waals surface area contributed by atoms with Crippen molar-refractivity contribution in [3.05, 3.63) is 23.0 Å². The lowest BCUT2D eigenvalue weighted by Gasteiger charge is -2.31. The fraction of sp³-hybridized carbons (Fsp3) is 0.615. The van der Waals surface area contributed by atoms with E-state index in [0.717, 1.165) is 44.5 Å². The maximum Gasteiger partial charge on any atom is 0.267 e. The summed E-state index contributed by atoms with van der Waals surface area (Å²) >= 11 is 1.21. The van der Waals surface area contributed by atoms with E-state index in [4.69, 9.17) is 0 Å². The van der Waals surface area contributed by atoms with Crippen molar-refractivity contribution in [3.8, 4) is 0 Å². The Morgan fingerprint density at radius 1 is 1.33 bits per heavy atom. The third-order valence-corrected chi connectivity index (χ3v) is 4.51. The number of hydrogen-bond acceptors (Lipinski definition) is 6. The van der Waals surface area contributed by atoms with Crippen molar-refractivity contribution < 1.29 is 4.79 Å². The van der Waals surface area contributed by atoms with Crippen LogP contribution in [-0.4, -0.2) is 48.5 Å². The highest BCUT2D eigenvalue weighted by atomic mass is 32.1. The summed E-state index contributed by atoms with van der Waals surface area (Å²) in [7, 11) is 0. The number of rotatable bonds is 4. The van der Waals surface area contributed by atoms with E-state index in [0.29, 0.717) is 10.9 Å². The Morgan fingerprint density at radius 2 is 2.05 bits per heavy atom. The van der Waals surface area contributed by atoms with Gasteiger partial charge >= 0.3 is 0 Å². The van der Waals surface area contributed by atoms with Crippen LogP contribution in [0.15, 0.2) is 12.4 Å². The maximum absolute atomic E-state index is 12.6. The number of amides is 1. The molecule has 0 aliphatic carbocycles. The number of likely N-dealkylation sites (tertiary alicyclic amines) is 1. The zero-order valence-electron chi connectivity index (χ0n) is 12.0. The van der Waals surface area contributed by atoms with Gasteiger partial charge in [0.25, 0.3) is 5.91 Å². The average Bonchev–Trinajstić information content (AvgIpc) is 3.19. The maximum atomic E-state index is 12.6. The molecule has 7 nitrogen and oxygen atoms in total. The Morgan fingerprint density at radius 3 is 2.71 bits per heavy atom. The van der Waals surface area contributed by atoms with Crippen LogP contribution in [0.2, 0.25) is 0 Å². The molecule has 0 N–H and O–H groups in total. The minimum Gasteiger partial charge on any atom is -0.338 e. The molecule has 1 aliphatic rings. The molecule has 0 bridgehead atoms. The first-order chi connectivity index (χ1) is 10.3. The molecule has 112 valence electrons. The topological polar surface area (TPSA) is 76.8 Å². The predicted octanol–water partition coefficient (Wildman–Crippen LogP) is 1.56. The summed E-state index contributed by atoms with van der Waals surface area (Å²) in [4.78, 5) is 16.9. The number of carbonyl (C=O) groups is 1. The second-order valence-electron chi connectivity index (χ2n) is 5.17. The predicted molar refractivity (Wildman–Crippen MR) is 78.1 cm³/mol. The largest absolute Gasteiger partial charge is 0.338 e. The average molecular weight is 306 g/mol. The molecule has 2 aromatic heterocycles. The van der Waals surface area contributed by atoms with E-state index < -0.39 is 0 Å². The number of hydrogen-bond donors (Lipinski definition) is 0. The van der Waals surface area contributed by atoms with Crippen molar-refractivity contribution >= 4 is 17.4 Å². The zero-order chi connectivity index (χ0) is 14.7. The molecule has 21 heavy (non-hydrogen) atoms. The Balaban J connectivity index is 1.63. The highest BCUT2D eigenvalue weighted by molar-refractivity contribution is 7.08. The molecule has 0 unspecified atom stereocenters. The van der Waals surface area contributed by atoms with Gasteiger partial charge in [0.2, 0.25) is 0 Å². The summed E-state index contributed by atoms with van der Waals surface area (Å²) in [5.41, 5.74) is 0.836. The number of carbonyl (C=O) groups excluding carboxylic acids is 1. The Kier molecular flexibility index (Phi) is 4.23. The summed E-state index contributed by atoms with van der Waals surface area (Å²) in [6.45, 7) is 3.54. The lowest BCUT2D eigenvalue weighted by Crippen LogP contribution is -2.39. The number of nitrogens with zero attached hydrogens (tertiary/aromatic N) is 6. The number of aromatic nitrogens is 5. The summed E-state index contributed by atoms with van der Waals surface area (Å²) < 4.78 is 3.93. The number of aryl methyl sites for hydroxylation is 1. The fourth-order valence-electron chi connectivity index (χ4n) is 2.63. The second kappa shape index (κ2) is 6.30. The molecule has 1 fully saturated rings. The molecule has 1 amide bonds. The van der Waals surface area contributed by atoms with Gasteiger partial charge in [0, 0.05) is 13.1 Å². The summed E-state index contributed by atoms with van der Waals surface area (Å²) in [6.07, 6.45) is 6.94. The van der Waals surface area contributed by atoms with Gasteiger partial charge in [-0.15, -0.1) is 5.10 Å². The molecular weight excluding hydrogens is 288 g/mol. The van der Waals surface area contributed by atoms with Gasteiger partial charge in [-0.25, -0.2) is 0 Å². The highest BCUT2D eigenvalue weighted by Crippen LogP contribution is 2.23. The molecule has 3 rings (SSSR count). The van der Waals surface area contributed by atoms with Crippen LogP contribution in [0, 0.1) is 0 Å². The van der Waals surface area contributed by atoms with Crippen molar-refractivity contribution in [1.82, 2.24) is 29.5 Å². The lowest BCUT2D eigenvalue weighted by atomic mass is 10.1. The molecule has 1 saturated heterocycles. The minimum atomic E-state index is 0.0697. The van der Waals surface area contributed by atoms with Gasteiger partial charge in [-0.3, -0.25) is 4.79 Å². The molecule has 1 aliphatic heterocycles. The molecule has 8 heteroatoms. The van der Waals surface area contributed by atoms with Gasteiger partial charge in [-0.05, 0) is 30.8 Å². The molecule has 0 radical (unpaired) electrons. The highest BCUT2D eigenvalue weighted by Gasteiger charge is 2.27. The fourth-order valence-corrected chi connectivity index (χ4v) is 3.31. The molecule has 0 aromatic carbocycles. The van der Waals surface area contributed by atoms with Gasteiger partial charge in [-0.1, -0.05) is 17.8 Å². The third kappa shape index (κ3) is 2.94. The van der Waals surface area contributed by atoms with Crippen LogP contribution < -0.4 is 0 Å². The molecule has 0 saturated carbocycles. The zero-order valence-corrected chi connectivity index (χ0v) is 12.8. The first-order valence-corrected chi connectivity index (χ1v) is 8.03. The standard InChI is InChI=1S/C13H18N6OS/c1-2-3-11-12(21-17-16-11)13(20)18-8-4-10(5-9-18)19-14-6-7-15-19/h6-7,10H,2-5,8-9H2,1H3. The Labute approximate surface area is 127 Å². The van der Waals surface area contributed by atoms with Crippen LogP contribution in [-0.2, 0) is 6.42 Å². The Hall–Kier alpha value is -1.83. The SMILES string of the molecule is CCCc1nnsc1C(=O)N1CCC(n2nccn2)CC1. The first kappa shape index (κ1) is 14.1. The van der Waals surface area contributed by atoms with Gasteiger partial charge < -0.3 is 4.90 Å². The molecule has 0 spiro atoms. The minimum absolute atomic E-state index is 0.0697. The van der Waals surface area contributed by atoms with Crippen LogP contribution in [0.4, 0.5) is 0 Å². The van der Waals surface area contributed by atoms with E-state index in [9.17, 15) is 4.79 Å². The molecule has 2 aromatic rings. The van der Waals surface area contributed by atoms with E-state index >= 15 is 0 Å². The van der Waals surface area contributed by atoms with Crippen molar-refractivity contribution in [2.45, 2.75) is 38.6 Å². The van der Waals surface area contributed by atoms with E-state index in [2.05, 4.69) is 26.7 Å². The van der Waals surface area contributed by atoms with Gasteiger partial charge in [0.15, 0.2) is 0 Å². The van der Waals surface area contributed by atoms with Crippen molar-refractivity contribution in [2.75, 3.05) is 13.1 Å². The Bertz CT molecular complexity index is 588. The second-order valence-corrected chi connectivity index (χ2v) is 5.93. The third-order valence-electron chi connectivity index (χ3n) is 3.75. The van der Waals surface area contributed by atoms with Gasteiger partial charge in [0.1, 0.15) is 4.88 Å². The van der Waals surface area contributed by atoms with Crippen molar-refractivity contribution in [1.29, 1.82) is 0 Å². The molecular formula is C13H18N6OS. The summed E-state index contributed by atoms with van der Waals surface area (Å²) in [5, 5.41) is 12.4. The van der Waals surface area contributed by atoms with Crippen LogP contribution in [0.1, 0.15) is 47.6 Å². The van der Waals surface area contributed by atoms with Crippen LogP contribution in [0.3, 0.4) is 0 Å². The summed E-state index contributed by atoms with van der Waals surface area (Å²) in [6, 6.07) is 0.291.